The van der Waals surface area contributed by atoms with Gasteiger partial charge in [0.05, 0.1) is 23.9 Å². The molecule has 88 valence electrons. The van der Waals surface area contributed by atoms with Crippen molar-refractivity contribution in [1.29, 1.82) is 5.26 Å². The van der Waals surface area contributed by atoms with E-state index in [1.807, 2.05) is 4.68 Å². The van der Waals surface area contributed by atoms with Crippen molar-refractivity contribution >= 4 is 0 Å². The maximum absolute atomic E-state index is 8.74. The Morgan fingerprint density at radius 1 is 1.31 bits per heavy atom. The summed E-state index contributed by atoms with van der Waals surface area (Å²) in [6, 6.07) is 2.46. The summed E-state index contributed by atoms with van der Waals surface area (Å²) in [7, 11) is 0. The molecule has 1 rings (SSSR count). The summed E-state index contributed by atoms with van der Waals surface area (Å²) in [5.41, 5.74) is 1.97. The molecule has 0 saturated carbocycles. The maximum Gasteiger partial charge on any atom is 0.0999 e. The van der Waals surface area contributed by atoms with Gasteiger partial charge in [-0.05, 0) is 32.6 Å². The average Bonchev–Trinajstić information content (AvgIpc) is 2.58. The summed E-state index contributed by atoms with van der Waals surface area (Å²) in [4.78, 5) is 0. The molecule has 0 aliphatic heterocycles. The summed E-state index contributed by atoms with van der Waals surface area (Å²) >= 11 is 0. The molecular weight excluding hydrogens is 200 g/mol. The van der Waals surface area contributed by atoms with Gasteiger partial charge < -0.3 is 0 Å². The Kier molecular flexibility index (Phi) is 4.48. The quantitative estimate of drug-likeness (QED) is 0.766. The maximum atomic E-state index is 8.74. The van der Waals surface area contributed by atoms with Gasteiger partial charge in [-0.2, -0.15) is 5.26 Å². The summed E-state index contributed by atoms with van der Waals surface area (Å²) in [6.45, 7) is 8.58. The standard InChI is InChI=1S/C12H20N4/c1-9(2)5-6-12-11(7-8-13)14-15-16(12)10(3)4/h9-10H,5-7H2,1-4H3. The fourth-order valence-corrected chi connectivity index (χ4v) is 1.66. The first-order valence-electron chi connectivity index (χ1n) is 5.86. The molecule has 0 unspecified atom stereocenters. The molecule has 0 N–H and O–H groups in total. The first-order valence-corrected chi connectivity index (χ1v) is 5.86. The SMILES string of the molecule is CC(C)CCc1c(CC#N)nnn1C(C)C. The average molecular weight is 220 g/mol. The molecule has 0 amide bonds. The highest BCUT2D eigenvalue weighted by molar-refractivity contribution is 5.15. The second-order valence-electron chi connectivity index (χ2n) is 4.79. The number of aromatic nitrogens is 3. The molecule has 4 nitrogen and oxygen atoms in total. The molecule has 1 aromatic heterocycles. The minimum absolute atomic E-state index is 0.308. The van der Waals surface area contributed by atoms with E-state index in [0.717, 1.165) is 24.2 Å². The van der Waals surface area contributed by atoms with Gasteiger partial charge in [0.15, 0.2) is 0 Å². The van der Waals surface area contributed by atoms with Gasteiger partial charge in [0.2, 0.25) is 0 Å². The van der Waals surface area contributed by atoms with Crippen LogP contribution < -0.4 is 0 Å². The van der Waals surface area contributed by atoms with E-state index < -0.39 is 0 Å². The molecule has 1 heterocycles. The summed E-state index contributed by atoms with van der Waals surface area (Å²) in [5, 5.41) is 17.0. The lowest BCUT2D eigenvalue weighted by Crippen LogP contribution is -2.09. The van der Waals surface area contributed by atoms with Crippen LogP contribution in [0.4, 0.5) is 0 Å². The highest BCUT2D eigenvalue weighted by atomic mass is 15.4. The molecule has 0 aliphatic rings. The fraction of sp³-hybridized carbons (Fsp3) is 0.750. The zero-order valence-electron chi connectivity index (χ0n) is 10.6. The Balaban J connectivity index is 2.90. The van der Waals surface area contributed by atoms with Gasteiger partial charge in [0, 0.05) is 6.04 Å². The third-order valence-electron chi connectivity index (χ3n) is 2.57. The number of hydrogen-bond donors (Lipinski definition) is 0. The number of rotatable bonds is 5. The van der Waals surface area contributed by atoms with Crippen LogP contribution in [0.25, 0.3) is 0 Å². The smallest absolute Gasteiger partial charge is 0.0999 e. The van der Waals surface area contributed by atoms with Crippen LogP contribution in [0.5, 0.6) is 0 Å². The van der Waals surface area contributed by atoms with E-state index >= 15 is 0 Å². The molecule has 0 fully saturated rings. The predicted octanol–water partition coefficient (Wildman–Crippen LogP) is 2.51. The van der Waals surface area contributed by atoms with Gasteiger partial charge in [-0.25, -0.2) is 4.68 Å². The van der Waals surface area contributed by atoms with Gasteiger partial charge in [-0.15, -0.1) is 5.10 Å². The Morgan fingerprint density at radius 2 is 2.00 bits per heavy atom. The number of nitriles is 1. The van der Waals surface area contributed by atoms with Crippen LogP contribution in [-0.4, -0.2) is 15.0 Å². The van der Waals surface area contributed by atoms with Gasteiger partial charge in [0.1, 0.15) is 0 Å². The zero-order valence-corrected chi connectivity index (χ0v) is 10.6. The molecule has 0 bridgehead atoms. The van der Waals surface area contributed by atoms with Gasteiger partial charge >= 0.3 is 0 Å². The molecule has 0 radical (unpaired) electrons. The third-order valence-corrected chi connectivity index (χ3v) is 2.57. The fourth-order valence-electron chi connectivity index (χ4n) is 1.66. The second-order valence-corrected chi connectivity index (χ2v) is 4.79. The van der Waals surface area contributed by atoms with E-state index in [2.05, 4.69) is 44.1 Å². The number of nitrogens with zero attached hydrogens (tertiary/aromatic N) is 4. The van der Waals surface area contributed by atoms with Crippen LogP contribution in [0, 0.1) is 17.2 Å². The molecule has 16 heavy (non-hydrogen) atoms. The Labute approximate surface area is 97.3 Å². The van der Waals surface area contributed by atoms with Crippen molar-refractivity contribution < 1.29 is 0 Å². The van der Waals surface area contributed by atoms with Crippen LogP contribution >= 0.6 is 0 Å². The third kappa shape index (κ3) is 3.06. The van der Waals surface area contributed by atoms with E-state index in [-0.39, 0.29) is 0 Å². The predicted molar refractivity (Wildman–Crippen MR) is 62.9 cm³/mol. The van der Waals surface area contributed by atoms with Gasteiger partial charge in [-0.1, -0.05) is 19.1 Å². The zero-order chi connectivity index (χ0) is 12.1. The first-order chi connectivity index (χ1) is 7.56. The van der Waals surface area contributed by atoms with E-state index in [0.29, 0.717) is 18.4 Å². The lowest BCUT2D eigenvalue weighted by Gasteiger charge is -2.11. The molecule has 4 heteroatoms. The van der Waals surface area contributed by atoms with Crippen molar-refractivity contribution in [3.63, 3.8) is 0 Å². The van der Waals surface area contributed by atoms with Crippen LogP contribution in [0.1, 0.15) is 51.5 Å². The Bertz CT molecular complexity index is 371. The minimum atomic E-state index is 0.308. The van der Waals surface area contributed by atoms with Crippen molar-refractivity contribution in [2.45, 2.75) is 53.0 Å². The van der Waals surface area contributed by atoms with Gasteiger partial charge in [-0.3, -0.25) is 0 Å². The summed E-state index contributed by atoms with van der Waals surface area (Å²) in [6.07, 6.45) is 2.43. The second kappa shape index (κ2) is 5.64. The molecule has 0 aliphatic carbocycles. The van der Waals surface area contributed by atoms with E-state index in [1.54, 1.807) is 0 Å². The molecule has 0 atom stereocenters. The highest BCUT2D eigenvalue weighted by Gasteiger charge is 2.14. The molecule has 0 aromatic carbocycles. The first kappa shape index (κ1) is 12.7. The highest BCUT2D eigenvalue weighted by Crippen LogP contribution is 2.16. The summed E-state index contributed by atoms with van der Waals surface area (Å²) in [5.74, 6) is 0.658. The lowest BCUT2D eigenvalue weighted by molar-refractivity contribution is 0.478. The van der Waals surface area contributed by atoms with Crippen molar-refractivity contribution in [3.05, 3.63) is 11.4 Å². The van der Waals surface area contributed by atoms with Crippen molar-refractivity contribution in [3.8, 4) is 6.07 Å². The normalized spacial score (nSPS) is 11.1. The topological polar surface area (TPSA) is 54.5 Å². The lowest BCUT2D eigenvalue weighted by atomic mass is 10.0. The minimum Gasteiger partial charge on any atom is -0.247 e. The summed E-state index contributed by atoms with van der Waals surface area (Å²) < 4.78 is 1.94. The molecule has 0 saturated heterocycles. The van der Waals surface area contributed by atoms with Crippen LogP contribution in [0.3, 0.4) is 0 Å². The number of hydrogen-bond acceptors (Lipinski definition) is 3. The van der Waals surface area contributed by atoms with Crippen LogP contribution in [-0.2, 0) is 12.8 Å². The largest absolute Gasteiger partial charge is 0.247 e. The monoisotopic (exact) mass is 220 g/mol. The van der Waals surface area contributed by atoms with Crippen molar-refractivity contribution in [2.24, 2.45) is 5.92 Å². The Morgan fingerprint density at radius 3 is 2.50 bits per heavy atom. The van der Waals surface area contributed by atoms with E-state index in [9.17, 15) is 0 Å². The van der Waals surface area contributed by atoms with Gasteiger partial charge in [0.25, 0.3) is 0 Å². The van der Waals surface area contributed by atoms with E-state index in [1.165, 1.54) is 0 Å². The van der Waals surface area contributed by atoms with Crippen LogP contribution in [0.2, 0.25) is 0 Å². The molecule has 1 aromatic rings. The van der Waals surface area contributed by atoms with E-state index in [4.69, 9.17) is 5.26 Å². The Hall–Kier alpha value is -1.37. The molecular formula is C12H20N4. The van der Waals surface area contributed by atoms with Crippen molar-refractivity contribution in [2.75, 3.05) is 0 Å². The van der Waals surface area contributed by atoms with Crippen LogP contribution in [0.15, 0.2) is 0 Å². The molecule has 0 spiro atoms. The van der Waals surface area contributed by atoms with Crippen molar-refractivity contribution in [1.82, 2.24) is 15.0 Å².